The summed E-state index contributed by atoms with van der Waals surface area (Å²) in [6.07, 6.45) is 0.902. The zero-order valence-corrected chi connectivity index (χ0v) is 12.9. The van der Waals surface area contributed by atoms with Crippen LogP contribution in [0.2, 0.25) is 0 Å². The molecule has 0 spiro atoms. The number of piperidine rings is 1. The van der Waals surface area contributed by atoms with E-state index in [0.717, 1.165) is 0 Å². The molecule has 0 aliphatic carbocycles. The first-order valence-electron chi connectivity index (χ1n) is 7.30. The number of likely N-dealkylation sites (tertiary alicyclic amines) is 1. The Balaban J connectivity index is 2.61. The zero-order chi connectivity index (χ0) is 16.0. The van der Waals surface area contributed by atoms with Gasteiger partial charge in [0.2, 0.25) is 0 Å². The largest absolute Gasteiger partial charge is 0.481 e. The summed E-state index contributed by atoms with van der Waals surface area (Å²) in [4.78, 5) is 38.0. The molecule has 7 nitrogen and oxygen atoms in total. The summed E-state index contributed by atoms with van der Waals surface area (Å²) in [7, 11) is 0. The number of carboxylic acid groups (broad SMARTS) is 1. The molecule has 0 bridgehead atoms. The molecular formula is C14H24N2O5. The molecule has 0 saturated carbocycles. The van der Waals surface area contributed by atoms with Gasteiger partial charge in [-0.15, -0.1) is 0 Å². The molecule has 2 amide bonds. The number of amides is 2. The molecule has 0 aromatic heterocycles. The first-order valence-corrected chi connectivity index (χ1v) is 7.30. The fraction of sp³-hybridized carbons (Fsp3) is 0.786. The van der Waals surface area contributed by atoms with Gasteiger partial charge >= 0.3 is 18.0 Å². The molecule has 0 atom stereocenters. The van der Waals surface area contributed by atoms with E-state index in [0.29, 0.717) is 25.9 Å². The van der Waals surface area contributed by atoms with Crippen molar-refractivity contribution in [2.24, 2.45) is 5.92 Å². The Morgan fingerprint density at radius 3 is 2.29 bits per heavy atom. The second-order valence-corrected chi connectivity index (χ2v) is 5.41. The van der Waals surface area contributed by atoms with Gasteiger partial charge in [-0.25, -0.2) is 4.79 Å². The van der Waals surface area contributed by atoms with Gasteiger partial charge in [0.05, 0.1) is 12.5 Å². The molecule has 1 heterocycles. The lowest BCUT2D eigenvalue weighted by molar-refractivity contribution is -0.144. The Morgan fingerprint density at radius 1 is 1.29 bits per heavy atom. The van der Waals surface area contributed by atoms with Crippen LogP contribution < -0.4 is 0 Å². The van der Waals surface area contributed by atoms with Crippen LogP contribution in [0, 0.1) is 5.92 Å². The normalized spacial score (nSPS) is 15.9. The average molecular weight is 300 g/mol. The molecular weight excluding hydrogens is 276 g/mol. The Bertz CT molecular complexity index is 389. The number of esters is 1. The van der Waals surface area contributed by atoms with Crippen LogP contribution in [-0.2, 0) is 14.3 Å². The van der Waals surface area contributed by atoms with Crippen molar-refractivity contribution in [3.63, 3.8) is 0 Å². The maximum absolute atomic E-state index is 12.5. The SMILES string of the molecule is CCOC(=O)CN(C(=O)N1CCC(C(=O)O)CC1)C(C)C. The van der Waals surface area contributed by atoms with Gasteiger partial charge < -0.3 is 19.6 Å². The van der Waals surface area contributed by atoms with Crippen LogP contribution >= 0.6 is 0 Å². The first-order chi connectivity index (χ1) is 9.86. The van der Waals surface area contributed by atoms with E-state index in [1.54, 1.807) is 11.8 Å². The molecule has 1 fully saturated rings. The van der Waals surface area contributed by atoms with Gasteiger partial charge in [0.25, 0.3) is 0 Å². The Morgan fingerprint density at radius 2 is 1.86 bits per heavy atom. The predicted molar refractivity (Wildman–Crippen MR) is 75.8 cm³/mol. The second-order valence-electron chi connectivity index (χ2n) is 5.41. The minimum Gasteiger partial charge on any atom is -0.481 e. The lowest BCUT2D eigenvalue weighted by Crippen LogP contribution is -2.51. The molecule has 0 unspecified atom stereocenters. The van der Waals surface area contributed by atoms with Gasteiger partial charge in [0.1, 0.15) is 6.54 Å². The molecule has 1 saturated heterocycles. The van der Waals surface area contributed by atoms with Crippen molar-refractivity contribution in [3.05, 3.63) is 0 Å². The number of carboxylic acids is 1. The van der Waals surface area contributed by atoms with Gasteiger partial charge in [0.15, 0.2) is 0 Å². The number of carbonyl (C=O) groups is 3. The maximum atomic E-state index is 12.5. The van der Waals surface area contributed by atoms with Crippen molar-refractivity contribution in [3.8, 4) is 0 Å². The van der Waals surface area contributed by atoms with E-state index in [4.69, 9.17) is 9.84 Å². The predicted octanol–water partition coefficient (Wildman–Crippen LogP) is 1.18. The summed E-state index contributed by atoms with van der Waals surface area (Å²) in [5.74, 6) is -1.62. The third-order valence-corrected chi connectivity index (χ3v) is 3.59. The van der Waals surface area contributed by atoms with Gasteiger partial charge in [-0.2, -0.15) is 0 Å². The van der Waals surface area contributed by atoms with Crippen LogP contribution in [0.5, 0.6) is 0 Å². The summed E-state index contributed by atoms with van der Waals surface area (Å²) in [6.45, 7) is 6.40. The van der Waals surface area contributed by atoms with Crippen molar-refractivity contribution in [1.82, 2.24) is 9.80 Å². The number of hydrogen-bond donors (Lipinski definition) is 1. The third-order valence-electron chi connectivity index (χ3n) is 3.59. The molecule has 1 aliphatic rings. The van der Waals surface area contributed by atoms with Crippen molar-refractivity contribution in [2.45, 2.75) is 39.7 Å². The summed E-state index contributed by atoms with van der Waals surface area (Å²) in [6, 6.07) is -0.360. The molecule has 1 N–H and O–H groups in total. The third kappa shape index (κ3) is 4.91. The van der Waals surface area contributed by atoms with Gasteiger partial charge in [-0.1, -0.05) is 0 Å². The number of rotatable bonds is 5. The van der Waals surface area contributed by atoms with Gasteiger partial charge in [0, 0.05) is 19.1 Å². The van der Waals surface area contributed by atoms with Gasteiger partial charge in [-0.05, 0) is 33.6 Å². The minimum atomic E-state index is -0.811. The monoisotopic (exact) mass is 300 g/mol. The van der Waals surface area contributed by atoms with E-state index in [9.17, 15) is 14.4 Å². The van der Waals surface area contributed by atoms with Crippen molar-refractivity contribution >= 4 is 18.0 Å². The molecule has 0 radical (unpaired) electrons. The van der Waals surface area contributed by atoms with E-state index in [1.165, 1.54) is 4.90 Å². The number of ether oxygens (including phenoxy) is 1. The van der Waals surface area contributed by atoms with Crippen molar-refractivity contribution in [1.29, 1.82) is 0 Å². The molecule has 120 valence electrons. The fourth-order valence-corrected chi connectivity index (χ4v) is 2.32. The zero-order valence-electron chi connectivity index (χ0n) is 12.9. The van der Waals surface area contributed by atoms with Crippen LogP contribution in [0.25, 0.3) is 0 Å². The molecule has 1 aliphatic heterocycles. The number of carbonyl (C=O) groups excluding carboxylic acids is 2. The minimum absolute atomic E-state index is 0.0802. The van der Waals surface area contributed by atoms with E-state index in [2.05, 4.69) is 0 Å². The second kappa shape index (κ2) is 7.85. The summed E-state index contributed by atoms with van der Waals surface area (Å²) in [5, 5.41) is 8.96. The first kappa shape index (κ1) is 17.3. The molecule has 0 aromatic carbocycles. The van der Waals surface area contributed by atoms with Crippen LogP contribution in [0.1, 0.15) is 33.6 Å². The number of aliphatic carboxylic acids is 1. The topological polar surface area (TPSA) is 87.2 Å². The maximum Gasteiger partial charge on any atom is 0.325 e. The molecule has 0 aromatic rings. The Hall–Kier alpha value is -1.79. The van der Waals surface area contributed by atoms with E-state index in [1.807, 2.05) is 13.8 Å². The highest BCUT2D eigenvalue weighted by Gasteiger charge is 2.31. The number of hydrogen-bond acceptors (Lipinski definition) is 4. The average Bonchev–Trinajstić information content (AvgIpc) is 2.44. The number of nitrogens with zero attached hydrogens (tertiary/aromatic N) is 2. The van der Waals surface area contributed by atoms with Gasteiger partial charge in [-0.3, -0.25) is 9.59 Å². The smallest absolute Gasteiger partial charge is 0.325 e. The van der Waals surface area contributed by atoms with E-state index < -0.39 is 11.9 Å². The molecule has 1 rings (SSSR count). The number of urea groups is 1. The molecule has 7 heteroatoms. The Labute approximate surface area is 124 Å². The highest BCUT2D eigenvalue weighted by molar-refractivity contribution is 5.81. The van der Waals surface area contributed by atoms with E-state index >= 15 is 0 Å². The highest BCUT2D eigenvalue weighted by atomic mass is 16.5. The molecule has 21 heavy (non-hydrogen) atoms. The summed E-state index contributed by atoms with van der Waals surface area (Å²) < 4.78 is 4.88. The van der Waals surface area contributed by atoms with E-state index in [-0.39, 0.29) is 31.1 Å². The van der Waals surface area contributed by atoms with Crippen LogP contribution in [0.3, 0.4) is 0 Å². The quantitative estimate of drug-likeness (QED) is 0.770. The van der Waals surface area contributed by atoms with Crippen molar-refractivity contribution < 1.29 is 24.2 Å². The summed E-state index contributed by atoms with van der Waals surface area (Å²) in [5.41, 5.74) is 0. The lowest BCUT2D eigenvalue weighted by Gasteiger charge is -2.36. The van der Waals surface area contributed by atoms with Crippen LogP contribution in [0.15, 0.2) is 0 Å². The highest BCUT2D eigenvalue weighted by Crippen LogP contribution is 2.19. The fourth-order valence-electron chi connectivity index (χ4n) is 2.32. The lowest BCUT2D eigenvalue weighted by atomic mass is 9.97. The van der Waals surface area contributed by atoms with Crippen LogP contribution in [0.4, 0.5) is 4.79 Å². The standard InChI is InChI=1S/C14H24N2O5/c1-4-21-12(17)9-16(10(2)3)14(20)15-7-5-11(6-8-15)13(18)19/h10-11H,4-9H2,1-3H3,(H,18,19). The Kier molecular flexibility index (Phi) is 6.45. The van der Waals surface area contributed by atoms with Crippen LogP contribution in [-0.4, -0.2) is 65.2 Å². The summed E-state index contributed by atoms with van der Waals surface area (Å²) >= 11 is 0. The van der Waals surface area contributed by atoms with Crippen molar-refractivity contribution in [2.75, 3.05) is 26.2 Å².